The van der Waals surface area contributed by atoms with Crippen LogP contribution in [0, 0.1) is 33.3 Å². The van der Waals surface area contributed by atoms with Crippen molar-refractivity contribution in [2.24, 2.45) is 11.8 Å². The van der Waals surface area contributed by atoms with Crippen LogP contribution >= 0.6 is 11.6 Å². The van der Waals surface area contributed by atoms with Crippen LogP contribution in [0.2, 0.25) is 5.02 Å². The van der Waals surface area contributed by atoms with Crippen LogP contribution in [-0.2, 0) is 0 Å². The monoisotopic (exact) mass is 280 g/mol. The number of nitrogens with zero attached hydrogens (tertiary/aromatic N) is 2. The lowest BCUT2D eigenvalue weighted by Crippen LogP contribution is -2.15. The van der Waals surface area contributed by atoms with Crippen molar-refractivity contribution in [1.29, 1.82) is 5.26 Å². The lowest BCUT2D eigenvalue weighted by molar-refractivity contribution is -0.384. The van der Waals surface area contributed by atoms with Gasteiger partial charge >= 0.3 is 0 Å². The van der Waals surface area contributed by atoms with Crippen molar-refractivity contribution in [2.75, 3.05) is 0 Å². The number of nitro benzene ring substituents is 1. The minimum Gasteiger partial charge on any atom is -0.293 e. The molecule has 0 saturated heterocycles. The van der Waals surface area contributed by atoms with E-state index in [2.05, 4.69) is 0 Å². The van der Waals surface area contributed by atoms with E-state index < -0.39 is 16.6 Å². The first kappa shape index (κ1) is 15.1. The van der Waals surface area contributed by atoms with Crippen molar-refractivity contribution >= 4 is 23.1 Å². The van der Waals surface area contributed by atoms with Crippen molar-refractivity contribution in [1.82, 2.24) is 0 Å². The number of non-ortho nitro benzene ring substituents is 1. The molecular formula is C13H13ClN2O3. The third-order valence-corrected chi connectivity index (χ3v) is 2.78. The van der Waals surface area contributed by atoms with Gasteiger partial charge in [-0.15, -0.1) is 0 Å². The quantitative estimate of drug-likeness (QED) is 0.468. The third-order valence-electron chi connectivity index (χ3n) is 2.56. The Morgan fingerprint density at radius 2 is 2.11 bits per heavy atom. The highest BCUT2D eigenvalue weighted by molar-refractivity contribution is 6.31. The number of carbonyl (C=O) groups is 1. The van der Waals surface area contributed by atoms with Crippen molar-refractivity contribution < 1.29 is 9.72 Å². The van der Waals surface area contributed by atoms with Crippen LogP contribution < -0.4 is 0 Å². The fraction of sp³-hybridized carbons (Fsp3) is 0.385. The number of nitro groups is 1. The maximum absolute atomic E-state index is 12.1. The van der Waals surface area contributed by atoms with Gasteiger partial charge in [0, 0.05) is 22.7 Å². The predicted molar refractivity (Wildman–Crippen MR) is 71.0 cm³/mol. The van der Waals surface area contributed by atoms with Crippen LogP contribution in [0.1, 0.15) is 30.6 Å². The maximum atomic E-state index is 12.1. The Morgan fingerprint density at radius 3 is 2.58 bits per heavy atom. The van der Waals surface area contributed by atoms with Gasteiger partial charge in [0.2, 0.25) is 0 Å². The first-order valence-corrected chi connectivity index (χ1v) is 6.11. The topological polar surface area (TPSA) is 84.0 Å². The molecule has 5 nitrogen and oxygen atoms in total. The maximum Gasteiger partial charge on any atom is 0.271 e. The molecule has 0 aliphatic carbocycles. The summed E-state index contributed by atoms with van der Waals surface area (Å²) in [6.45, 7) is 3.80. The molecule has 0 fully saturated rings. The minimum atomic E-state index is -0.807. The summed E-state index contributed by atoms with van der Waals surface area (Å²) in [5, 5.41) is 19.8. The standard InChI is InChI=1S/C13H13ClN2O3/c1-8(2)3-10(7-15)13(17)9-4-11(14)6-12(5-9)16(18)19/h4-6,8,10H,3H2,1-2H3. The number of halogens is 1. The van der Waals surface area contributed by atoms with Crippen LogP contribution in [-0.4, -0.2) is 10.7 Å². The Bertz CT molecular complexity index is 549. The zero-order chi connectivity index (χ0) is 14.6. The molecule has 0 radical (unpaired) electrons. The highest BCUT2D eigenvalue weighted by Gasteiger charge is 2.23. The van der Waals surface area contributed by atoms with Gasteiger partial charge in [0.05, 0.1) is 11.0 Å². The molecule has 1 aromatic rings. The van der Waals surface area contributed by atoms with E-state index in [1.54, 1.807) is 0 Å². The molecule has 0 aliphatic rings. The predicted octanol–water partition coefficient (Wildman–Crippen LogP) is 3.62. The highest BCUT2D eigenvalue weighted by Crippen LogP contribution is 2.24. The van der Waals surface area contributed by atoms with E-state index in [9.17, 15) is 14.9 Å². The van der Waals surface area contributed by atoms with Gasteiger partial charge in [0.1, 0.15) is 5.92 Å². The van der Waals surface area contributed by atoms with Gasteiger partial charge in [-0.1, -0.05) is 25.4 Å². The van der Waals surface area contributed by atoms with E-state index in [1.165, 1.54) is 12.1 Å². The van der Waals surface area contributed by atoms with Crippen LogP contribution in [0.15, 0.2) is 18.2 Å². The summed E-state index contributed by atoms with van der Waals surface area (Å²) in [6, 6.07) is 5.61. The molecule has 6 heteroatoms. The first-order chi connectivity index (χ1) is 8.85. The number of Topliss-reactive ketones (excluding diaryl/α,β-unsaturated/α-hetero) is 1. The van der Waals surface area contributed by atoms with Crippen molar-refractivity contribution in [3.05, 3.63) is 38.9 Å². The van der Waals surface area contributed by atoms with Gasteiger partial charge in [0.15, 0.2) is 5.78 Å². The van der Waals surface area contributed by atoms with Gasteiger partial charge in [-0.05, 0) is 18.4 Å². The van der Waals surface area contributed by atoms with Crippen molar-refractivity contribution in [3.8, 4) is 6.07 Å². The number of rotatable bonds is 5. The molecule has 1 atom stereocenters. The number of benzene rings is 1. The summed E-state index contributed by atoms with van der Waals surface area (Å²) in [6.07, 6.45) is 0.412. The van der Waals surface area contributed by atoms with Crippen LogP contribution in [0.5, 0.6) is 0 Å². The van der Waals surface area contributed by atoms with E-state index in [4.69, 9.17) is 16.9 Å². The summed E-state index contributed by atoms with van der Waals surface area (Å²) in [4.78, 5) is 22.2. The molecule has 0 bridgehead atoms. The molecule has 1 aromatic carbocycles. The highest BCUT2D eigenvalue weighted by atomic mass is 35.5. The van der Waals surface area contributed by atoms with Crippen LogP contribution in [0.4, 0.5) is 5.69 Å². The minimum absolute atomic E-state index is 0.103. The number of hydrogen-bond acceptors (Lipinski definition) is 4. The number of ketones is 1. The largest absolute Gasteiger partial charge is 0.293 e. The second-order valence-electron chi connectivity index (χ2n) is 4.63. The van der Waals surface area contributed by atoms with Crippen molar-refractivity contribution in [3.63, 3.8) is 0 Å². The molecule has 1 unspecified atom stereocenters. The van der Waals surface area contributed by atoms with Gasteiger partial charge in [-0.2, -0.15) is 5.26 Å². The third kappa shape index (κ3) is 4.04. The lowest BCUT2D eigenvalue weighted by Gasteiger charge is -2.10. The average Bonchev–Trinajstić information content (AvgIpc) is 2.34. The Hall–Kier alpha value is -1.93. The van der Waals surface area contributed by atoms with E-state index >= 15 is 0 Å². The Kier molecular flexibility index (Phi) is 5.02. The van der Waals surface area contributed by atoms with Crippen LogP contribution in [0.25, 0.3) is 0 Å². The molecule has 19 heavy (non-hydrogen) atoms. The molecule has 1 rings (SSSR count). The average molecular weight is 281 g/mol. The molecule has 0 saturated carbocycles. The molecule has 0 heterocycles. The second kappa shape index (κ2) is 6.30. The summed E-state index contributed by atoms with van der Waals surface area (Å²) in [7, 11) is 0. The fourth-order valence-corrected chi connectivity index (χ4v) is 1.94. The molecule has 100 valence electrons. The summed E-state index contributed by atoms with van der Waals surface area (Å²) < 4.78 is 0. The van der Waals surface area contributed by atoms with Gasteiger partial charge in [0.25, 0.3) is 5.69 Å². The normalized spacial score (nSPS) is 11.9. The summed E-state index contributed by atoms with van der Waals surface area (Å²) in [5.74, 6) is -1.05. The molecule has 0 amide bonds. The Balaban J connectivity index is 3.12. The van der Waals surface area contributed by atoms with Gasteiger partial charge in [-0.25, -0.2) is 0 Å². The Labute approximate surface area is 115 Å². The zero-order valence-electron chi connectivity index (χ0n) is 10.6. The first-order valence-electron chi connectivity index (χ1n) is 5.74. The Morgan fingerprint density at radius 1 is 1.47 bits per heavy atom. The molecule has 0 aliphatic heterocycles. The van der Waals surface area contributed by atoms with Gasteiger partial charge in [-0.3, -0.25) is 14.9 Å². The van der Waals surface area contributed by atoms with Crippen LogP contribution in [0.3, 0.4) is 0 Å². The molecular weight excluding hydrogens is 268 g/mol. The number of hydrogen-bond donors (Lipinski definition) is 0. The fourth-order valence-electron chi connectivity index (χ4n) is 1.71. The van der Waals surface area contributed by atoms with Crippen molar-refractivity contribution in [2.45, 2.75) is 20.3 Å². The summed E-state index contributed by atoms with van der Waals surface area (Å²) >= 11 is 5.75. The number of nitriles is 1. The second-order valence-corrected chi connectivity index (χ2v) is 5.07. The van der Waals surface area contributed by atoms with Gasteiger partial charge < -0.3 is 0 Å². The van der Waals surface area contributed by atoms with E-state index in [-0.39, 0.29) is 22.2 Å². The van der Waals surface area contributed by atoms with E-state index in [0.717, 1.165) is 6.07 Å². The SMILES string of the molecule is CC(C)CC(C#N)C(=O)c1cc(Cl)cc([N+](=O)[O-])c1. The zero-order valence-corrected chi connectivity index (χ0v) is 11.3. The molecule has 0 aromatic heterocycles. The number of carbonyl (C=O) groups excluding carboxylic acids is 1. The summed E-state index contributed by atoms with van der Waals surface area (Å²) in [5.41, 5.74) is -0.150. The molecule has 0 N–H and O–H groups in total. The van der Waals surface area contributed by atoms with E-state index in [1.807, 2.05) is 19.9 Å². The lowest BCUT2D eigenvalue weighted by atomic mass is 9.91. The molecule has 0 spiro atoms. The smallest absolute Gasteiger partial charge is 0.271 e. The van der Waals surface area contributed by atoms with E-state index in [0.29, 0.717) is 6.42 Å².